The molecule has 0 aromatic carbocycles. The van der Waals surface area contributed by atoms with Crippen molar-refractivity contribution in [1.82, 2.24) is 16.0 Å². The third-order valence-electron chi connectivity index (χ3n) is 2.84. The summed E-state index contributed by atoms with van der Waals surface area (Å²) in [7, 11) is 3.64. The highest BCUT2D eigenvalue weighted by atomic mass is 16.1. The smallest absolute Gasteiger partial charge is 0.163 e. The lowest BCUT2D eigenvalue weighted by molar-refractivity contribution is -0.121. The van der Waals surface area contributed by atoms with Crippen molar-refractivity contribution in [2.45, 2.75) is 38.8 Å². The monoisotopic (exact) mass is 243 g/mol. The Hall–Kier alpha value is -0.780. The molecule has 0 radical (unpaired) electrons. The van der Waals surface area contributed by atoms with E-state index in [9.17, 15) is 9.59 Å². The van der Waals surface area contributed by atoms with Gasteiger partial charge in [-0.15, -0.1) is 0 Å². The predicted octanol–water partition coefficient (Wildman–Crippen LogP) is -0.290. The molecule has 0 saturated carbocycles. The molecular weight excluding hydrogens is 218 g/mol. The highest BCUT2D eigenvalue weighted by molar-refractivity contribution is 5.87. The molecule has 5 heteroatoms. The number of hydrogen-bond acceptors (Lipinski definition) is 5. The quantitative estimate of drug-likeness (QED) is 0.492. The van der Waals surface area contributed by atoms with Gasteiger partial charge in [0, 0.05) is 0 Å². The third-order valence-corrected chi connectivity index (χ3v) is 2.84. The molecule has 0 aliphatic rings. The van der Waals surface area contributed by atoms with Crippen LogP contribution in [0.3, 0.4) is 0 Å². The Bertz CT molecular complexity index is 244. The summed E-state index contributed by atoms with van der Waals surface area (Å²) in [5.74, 6) is 0.180. The van der Waals surface area contributed by atoms with E-state index in [1.54, 1.807) is 14.0 Å². The Balaban J connectivity index is 4.08. The largest absolute Gasteiger partial charge is 0.320 e. The van der Waals surface area contributed by atoms with Crippen LogP contribution in [0.5, 0.6) is 0 Å². The number of hydrogen-bond donors (Lipinski definition) is 3. The molecule has 0 fully saturated rings. The lowest BCUT2D eigenvalue weighted by atomic mass is 10.1. The second-order valence-corrected chi connectivity index (χ2v) is 4.15. The van der Waals surface area contributed by atoms with E-state index in [1.807, 2.05) is 14.0 Å². The standard InChI is InChI=1S/C12H25N3O2/c1-5-10(9(2)16)15-8-12(17)11(14-4)6-7-13-3/h10-11,13-15H,5-8H2,1-4H3/t10-,11-/m0/s1. The average molecular weight is 243 g/mol. The van der Waals surface area contributed by atoms with Gasteiger partial charge in [-0.05, 0) is 40.4 Å². The number of likely N-dealkylation sites (N-methyl/N-ethyl adjacent to an activating group) is 1. The molecule has 5 nitrogen and oxygen atoms in total. The van der Waals surface area contributed by atoms with Crippen LogP contribution >= 0.6 is 0 Å². The molecule has 0 amide bonds. The van der Waals surface area contributed by atoms with Crippen LogP contribution in [0, 0.1) is 0 Å². The Morgan fingerprint density at radius 2 is 1.82 bits per heavy atom. The van der Waals surface area contributed by atoms with Gasteiger partial charge in [0.05, 0.1) is 18.6 Å². The predicted molar refractivity (Wildman–Crippen MR) is 69.2 cm³/mol. The zero-order valence-corrected chi connectivity index (χ0v) is 11.3. The molecule has 0 unspecified atom stereocenters. The molecule has 0 aliphatic heterocycles. The molecule has 17 heavy (non-hydrogen) atoms. The van der Waals surface area contributed by atoms with Crippen molar-refractivity contribution in [3.63, 3.8) is 0 Å². The normalized spacial score (nSPS) is 14.4. The molecule has 0 spiro atoms. The highest BCUT2D eigenvalue weighted by Gasteiger charge is 2.18. The summed E-state index contributed by atoms with van der Waals surface area (Å²) in [6.07, 6.45) is 1.47. The van der Waals surface area contributed by atoms with Crippen molar-refractivity contribution in [2.24, 2.45) is 0 Å². The Morgan fingerprint density at radius 3 is 2.24 bits per heavy atom. The average Bonchev–Trinajstić information content (AvgIpc) is 2.30. The van der Waals surface area contributed by atoms with Crippen LogP contribution in [-0.2, 0) is 9.59 Å². The van der Waals surface area contributed by atoms with Gasteiger partial charge in [0.25, 0.3) is 0 Å². The van der Waals surface area contributed by atoms with Gasteiger partial charge in [-0.25, -0.2) is 0 Å². The molecule has 0 bridgehead atoms. The summed E-state index contributed by atoms with van der Waals surface area (Å²) in [6, 6.07) is -0.361. The molecule has 0 rings (SSSR count). The van der Waals surface area contributed by atoms with E-state index in [1.165, 1.54) is 0 Å². The van der Waals surface area contributed by atoms with Gasteiger partial charge in [0.2, 0.25) is 0 Å². The van der Waals surface area contributed by atoms with Crippen molar-refractivity contribution in [2.75, 3.05) is 27.2 Å². The number of carbonyl (C=O) groups is 2. The maximum absolute atomic E-state index is 11.9. The number of nitrogens with one attached hydrogen (secondary N) is 3. The van der Waals surface area contributed by atoms with E-state index in [4.69, 9.17) is 0 Å². The zero-order chi connectivity index (χ0) is 13.3. The van der Waals surface area contributed by atoms with Crippen molar-refractivity contribution in [1.29, 1.82) is 0 Å². The summed E-state index contributed by atoms with van der Waals surface area (Å²) in [5.41, 5.74) is 0. The van der Waals surface area contributed by atoms with Gasteiger partial charge >= 0.3 is 0 Å². The van der Waals surface area contributed by atoms with Crippen molar-refractivity contribution < 1.29 is 9.59 Å². The van der Waals surface area contributed by atoms with E-state index >= 15 is 0 Å². The van der Waals surface area contributed by atoms with Crippen LogP contribution in [0.2, 0.25) is 0 Å². The van der Waals surface area contributed by atoms with Crippen molar-refractivity contribution in [3.8, 4) is 0 Å². The fourth-order valence-corrected chi connectivity index (χ4v) is 1.68. The Kier molecular flexibility index (Phi) is 8.85. The molecule has 0 aliphatic carbocycles. The van der Waals surface area contributed by atoms with E-state index in [2.05, 4.69) is 16.0 Å². The Labute approximate surface area is 104 Å². The summed E-state index contributed by atoms with van der Waals surface area (Å²) in [6.45, 7) is 4.51. The number of rotatable bonds is 10. The Morgan fingerprint density at radius 1 is 1.18 bits per heavy atom. The van der Waals surface area contributed by atoms with Gasteiger partial charge in [0.15, 0.2) is 5.78 Å². The van der Waals surface area contributed by atoms with Crippen molar-refractivity contribution in [3.05, 3.63) is 0 Å². The van der Waals surface area contributed by atoms with E-state index < -0.39 is 0 Å². The first kappa shape index (κ1) is 16.2. The molecule has 0 saturated heterocycles. The van der Waals surface area contributed by atoms with Gasteiger partial charge in [-0.1, -0.05) is 6.92 Å². The van der Waals surface area contributed by atoms with Gasteiger partial charge < -0.3 is 16.0 Å². The molecule has 3 N–H and O–H groups in total. The second-order valence-electron chi connectivity index (χ2n) is 4.15. The summed E-state index contributed by atoms with van der Waals surface area (Å²) in [5, 5.41) is 9.01. The number of Topliss-reactive ketones (excluding diaryl/α,β-unsaturated/α-hetero) is 2. The second kappa shape index (κ2) is 9.27. The van der Waals surface area contributed by atoms with Gasteiger partial charge in [0.1, 0.15) is 5.78 Å². The van der Waals surface area contributed by atoms with Crippen LogP contribution < -0.4 is 16.0 Å². The highest BCUT2D eigenvalue weighted by Crippen LogP contribution is 1.95. The zero-order valence-electron chi connectivity index (χ0n) is 11.3. The summed E-state index contributed by atoms with van der Waals surface area (Å²) in [4.78, 5) is 23.1. The fourth-order valence-electron chi connectivity index (χ4n) is 1.68. The minimum atomic E-state index is -0.208. The molecule has 100 valence electrons. The van der Waals surface area contributed by atoms with Crippen molar-refractivity contribution >= 4 is 11.6 Å². The minimum Gasteiger partial charge on any atom is -0.320 e. The first-order valence-electron chi connectivity index (χ1n) is 6.15. The molecule has 0 heterocycles. The lowest BCUT2D eigenvalue weighted by Crippen LogP contribution is -2.45. The molecule has 0 aromatic rings. The van der Waals surface area contributed by atoms with E-state index in [0.29, 0.717) is 6.42 Å². The third kappa shape index (κ3) is 6.51. The summed E-state index contributed by atoms with van der Waals surface area (Å²) >= 11 is 0. The van der Waals surface area contributed by atoms with Crippen LogP contribution in [0.1, 0.15) is 26.7 Å². The number of carbonyl (C=O) groups excluding carboxylic acids is 2. The van der Waals surface area contributed by atoms with Gasteiger partial charge in [-0.2, -0.15) is 0 Å². The van der Waals surface area contributed by atoms with Gasteiger partial charge in [-0.3, -0.25) is 9.59 Å². The first-order chi connectivity index (χ1) is 8.06. The maximum Gasteiger partial charge on any atom is 0.163 e. The van der Waals surface area contributed by atoms with Crippen LogP contribution in [-0.4, -0.2) is 50.8 Å². The lowest BCUT2D eigenvalue weighted by Gasteiger charge is -2.18. The van der Waals surface area contributed by atoms with E-state index in [0.717, 1.165) is 13.0 Å². The molecular formula is C12H25N3O2. The SMILES string of the molecule is CC[C@H](NCC(=O)[C@H](CCNC)NC)C(C)=O. The molecule has 2 atom stereocenters. The van der Waals surface area contributed by atoms with Crippen LogP contribution in [0.25, 0.3) is 0 Å². The minimum absolute atomic E-state index is 0.0801. The topological polar surface area (TPSA) is 70.2 Å². The fraction of sp³-hybridized carbons (Fsp3) is 0.833. The first-order valence-corrected chi connectivity index (χ1v) is 6.15. The van der Waals surface area contributed by atoms with Crippen LogP contribution in [0.15, 0.2) is 0 Å². The van der Waals surface area contributed by atoms with Crippen LogP contribution in [0.4, 0.5) is 0 Å². The maximum atomic E-state index is 11.9. The van der Waals surface area contributed by atoms with E-state index in [-0.39, 0.29) is 30.2 Å². The summed E-state index contributed by atoms with van der Waals surface area (Å²) < 4.78 is 0. The number of ketones is 2. The molecule has 0 aromatic heterocycles.